The molecule has 3 aromatic carbocycles. The van der Waals surface area contributed by atoms with Crippen LogP contribution >= 0.6 is 23.4 Å². The summed E-state index contributed by atoms with van der Waals surface area (Å²) in [4.78, 5) is 29.6. The van der Waals surface area contributed by atoms with Crippen LogP contribution in [0.25, 0.3) is 0 Å². The van der Waals surface area contributed by atoms with Crippen molar-refractivity contribution in [1.82, 2.24) is 10.2 Å². The topological polar surface area (TPSA) is 49.4 Å². The van der Waals surface area contributed by atoms with E-state index in [1.165, 1.54) is 11.0 Å². The molecule has 2 atom stereocenters. The van der Waals surface area contributed by atoms with Gasteiger partial charge in [0, 0.05) is 46.7 Å². The molecule has 0 saturated heterocycles. The highest BCUT2D eigenvalue weighted by molar-refractivity contribution is 7.99. The van der Waals surface area contributed by atoms with Crippen molar-refractivity contribution in [1.29, 1.82) is 0 Å². The van der Waals surface area contributed by atoms with Gasteiger partial charge in [0.25, 0.3) is 0 Å². The Balaban J connectivity index is 1.86. The van der Waals surface area contributed by atoms with Crippen LogP contribution in [0, 0.1) is 5.82 Å². The molecule has 0 fully saturated rings. The van der Waals surface area contributed by atoms with E-state index in [0.29, 0.717) is 22.8 Å². The van der Waals surface area contributed by atoms with Crippen molar-refractivity contribution in [3.05, 3.63) is 101 Å². The molecule has 3 rings (SSSR count). The van der Waals surface area contributed by atoms with Gasteiger partial charge in [-0.1, -0.05) is 67.1 Å². The number of nitrogens with zero attached hydrogens (tertiary/aromatic N) is 1. The molecule has 0 aromatic heterocycles. The predicted molar refractivity (Wildman–Crippen MR) is 146 cm³/mol. The molecular formula is C29H32ClFN2O2S. The minimum atomic E-state index is -0.769. The van der Waals surface area contributed by atoms with Crippen LogP contribution in [0.3, 0.4) is 0 Å². The van der Waals surface area contributed by atoms with E-state index in [1.807, 2.05) is 68.4 Å². The SMILES string of the molecule is CC[C@H](C)NC(=O)[C@H](Cc1ccccc1)N(Cc1ccccc1F)C(=O)CCSc1ccc(Cl)cc1. The number of carbonyl (C=O) groups excluding carboxylic acids is 2. The first-order valence-corrected chi connectivity index (χ1v) is 13.5. The molecule has 4 nitrogen and oxygen atoms in total. The number of rotatable bonds is 12. The summed E-state index contributed by atoms with van der Waals surface area (Å²) in [5.74, 6) is -0.297. The zero-order valence-corrected chi connectivity index (χ0v) is 22.2. The Kier molecular flexibility index (Phi) is 10.8. The van der Waals surface area contributed by atoms with Gasteiger partial charge in [-0.2, -0.15) is 0 Å². The van der Waals surface area contributed by atoms with Crippen LogP contribution < -0.4 is 5.32 Å². The van der Waals surface area contributed by atoms with Crippen molar-refractivity contribution >= 4 is 35.2 Å². The van der Waals surface area contributed by atoms with E-state index in [-0.39, 0.29) is 30.8 Å². The van der Waals surface area contributed by atoms with Gasteiger partial charge < -0.3 is 10.2 Å². The second-order valence-electron chi connectivity index (χ2n) is 8.69. The first-order valence-electron chi connectivity index (χ1n) is 12.1. The summed E-state index contributed by atoms with van der Waals surface area (Å²) >= 11 is 7.51. The molecule has 0 saturated carbocycles. The van der Waals surface area contributed by atoms with Crippen molar-refractivity contribution < 1.29 is 14.0 Å². The van der Waals surface area contributed by atoms with Gasteiger partial charge in [-0.25, -0.2) is 4.39 Å². The van der Waals surface area contributed by atoms with Crippen molar-refractivity contribution in [2.75, 3.05) is 5.75 Å². The molecule has 0 aliphatic heterocycles. The lowest BCUT2D eigenvalue weighted by Crippen LogP contribution is -2.52. The van der Waals surface area contributed by atoms with Crippen LogP contribution in [0.2, 0.25) is 5.02 Å². The number of hydrogen-bond donors (Lipinski definition) is 1. The molecule has 7 heteroatoms. The molecule has 190 valence electrons. The fourth-order valence-corrected chi connectivity index (χ4v) is 4.70. The molecule has 0 unspecified atom stereocenters. The van der Waals surface area contributed by atoms with Crippen LogP contribution in [0.4, 0.5) is 4.39 Å². The largest absolute Gasteiger partial charge is 0.352 e. The average Bonchev–Trinajstić information content (AvgIpc) is 2.88. The van der Waals surface area contributed by atoms with Gasteiger partial charge in [0.05, 0.1) is 0 Å². The molecule has 0 spiro atoms. The second-order valence-corrected chi connectivity index (χ2v) is 10.3. The second kappa shape index (κ2) is 14.0. The van der Waals surface area contributed by atoms with Crippen molar-refractivity contribution in [3.8, 4) is 0 Å². The number of hydrogen-bond acceptors (Lipinski definition) is 3. The summed E-state index contributed by atoms with van der Waals surface area (Å²) < 4.78 is 14.6. The Morgan fingerprint density at radius 2 is 1.67 bits per heavy atom. The molecule has 36 heavy (non-hydrogen) atoms. The van der Waals surface area contributed by atoms with Gasteiger partial charge in [-0.15, -0.1) is 11.8 Å². The monoisotopic (exact) mass is 526 g/mol. The first kappa shape index (κ1) is 27.8. The van der Waals surface area contributed by atoms with E-state index < -0.39 is 11.9 Å². The lowest BCUT2D eigenvalue weighted by atomic mass is 10.0. The molecule has 0 aliphatic carbocycles. The number of amides is 2. The maximum atomic E-state index is 14.6. The number of carbonyl (C=O) groups is 2. The number of thioether (sulfide) groups is 1. The lowest BCUT2D eigenvalue weighted by molar-refractivity contribution is -0.141. The van der Waals surface area contributed by atoms with Gasteiger partial charge in [-0.3, -0.25) is 9.59 Å². The van der Waals surface area contributed by atoms with E-state index in [2.05, 4.69) is 5.32 Å². The minimum Gasteiger partial charge on any atom is -0.352 e. The highest BCUT2D eigenvalue weighted by atomic mass is 35.5. The van der Waals surface area contributed by atoms with Crippen molar-refractivity contribution in [2.45, 2.75) is 56.6 Å². The zero-order chi connectivity index (χ0) is 25.9. The highest BCUT2D eigenvalue weighted by Crippen LogP contribution is 2.23. The van der Waals surface area contributed by atoms with Gasteiger partial charge in [0.2, 0.25) is 11.8 Å². The third-order valence-electron chi connectivity index (χ3n) is 5.97. The summed E-state index contributed by atoms with van der Waals surface area (Å²) in [5.41, 5.74) is 1.31. The highest BCUT2D eigenvalue weighted by Gasteiger charge is 2.31. The summed E-state index contributed by atoms with van der Waals surface area (Å²) in [6.45, 7) is 3.94. The van der Waals surface area contributed by atoms with Gasteiger partial charge in [0.15, 0.2) is 0 Å². The standard InChI is InChI=1S/C29H32ClFN2O2S/c1-3-21(2)32-29(35)27(19-22-9-5-4-6-10-22)33(20-23-11-7-8-12-26(23)31)28(34)17-18-36-25-15-13-24(30)14-16-25/h4-16,21,27H,3,17-20H2,1-2H3,(H,32,35)/t21-,27-/m0/s1. The maximum absolute atomic E-state index is 14.6. The molecule has 0 heterocycles. The average molecular weight is 527 g/mol. The van der Waals surface area contributed by atoms with Crippen LogP contribution in [-0.2, 0) is 22.6 Å². The summed E-state index contributed by atoms with van der Waals surface area (Å²) in [6, 6.07) is 22.6. The van der Waals surface area contributed by atoms with Crippen LogP contribution in [0.15, 0.2) is 83.8 Å². The zero-order valence-electron chi connectivity index (χ0n) is 20.6. The third-order valence-corrected chi connectivity index (χ3v) is 7.23. The number of nitrogens with one attached hydrogen (secondary N) is 1. The fourth-order valence-electron chi connectivity index (χ4n) is 3.74. The van der Waals surface area contributed by atoms with Crippen molar-refractivity contribution in [3.63, 3.8) is 0 Å². The summed E-state index contributed by atoms with van der Waals surface area (Å²) in [5, 5.41) is 3.68. The molecule has 3 aromatic rings. The Hall–Kier alpha value is -2.83. The molecule has 2 amide bonds. The number of benzene rings is 3. The Morgan fingerprint density at radius 3 is 2.33 bits per heavy atom. The van der Waals surface area contributed by atoms with Gasteiger partial charge in [-0.05, 0) is 49.2 Å². The molecule has 0 radical (unpaired) electrons. The van der Waals surface area contributed by atoms with Gasteiger partial charge in [0.1, 0.15) is 11.9 Å². The molecular weight excluding hydrogens is 495 g/mol. The van der Waals surface area contributed by atoms with Crippen LogP contribution in [-0.4, -0.2) is 34.6 Å². The third kappa shape index (κ3) is 8.38. The Bertz CT molecular complexity index is 1130. The van der Waals surface area contributed by atoms with E-state index >= 15 is 0 Å². The smallest absolute Gasteiger partial charge is 0.243 e. The van der Waals surface area contributed by atoms with E-state index in [4.69, 9.17) is 11.6 Å². The molecule has 0 bridgehead atoms. The van der Waals surface area contributed by atoms with Crippen LogP contribution in [0.5, 0.6) is 0 Å². The van der Waals surface area contributed by atoms with E-state index in [0.717, 1.165) is 16.9 Å². The van der Waals surface area contributed by atoms with E-state index in [1.54, 1.807) is 30.0 Å². The molecule has 1 N–H and O–H groups in total. The molecule has 0 aliphatic rings. The number of halogens is 2. The Morgan fingerprint density at radius 1 is 1.00 bits per heavy atom. The van der Waals surface area contributed by atoms with Crippen LogP contribution in [0.1, 0.15) is 37.8 Å². The quantitative estimate of drug-likeness (QED) is 0.273. The summed E-state index contributed by atoms with van der Waals surface area (Å²) in [6.07, 6.45) is 1.32. The van der Waals surface area contributed by atoms with E-state index in [9.17, 15) is 14.0 Å². The van der Waals surface area contributed by atoms with Crippen molar-refractivity contribution in [2.24, 2.45) is 0 Å². The van der Waals surface area contributed by atoms with Gasteiger partial charge >= 0.3 is 0 Å². The normalized spacial score (nSPS) is 12.6. The minimum absolute atomic E-state index is 0.0164. The summed E-state index contributed by atoms with van der Waals surface area (Å²) in [7, 11) is 0. The Labute approximate surface area is 222 Å². The lowest BCUT2D eigenvalue weighted by Gasteiger charge is -2.32. The predicted octanol–water partition coefficient (Wildman–Crippen LogP) is 6.52. The maximum Gasteiger partial charge on any atom is 0.243 e. The fraction of sp³-hybridized carbons (Fsp3) is 0.310. The first-order chi connectivity index (χ1) is 17.4.